The molecule has 0 fully saturated rings. The fourth-order valence-electron chi connectivity index (χ4n) is 1.86. The van der Waals surface area contributed by atoms with Crippen molar-refractivity contribution in [2.75, 3.05) is 0 Å². The molecule has 0 aliphatic rings. The number of pyridine rings is 1. The lowest BCUT2D eigenvalue weighted by atomic mass is 10.0. The molecular formula is C14H15FN2. The van der Waals surface area contributed by atoms with Crippen molar-refractivity contribution in [1.29, 1.82) is 0 Å². The Labute approximate surface area is 100 Å². The van der Waals surface area contributed by atoms with Crippen LogP contribution in [0.3, 0.4) is 0 Å². The van der Waals surface area contributed by atoms with Gasteiger partial charge in [-0.25, -0.2) is 4.39 Å². The maximum Gasteiger partial charge on any atom is 0.123 e. The lowest BCUT2D eigenvalue weighted by molar-refractivity contribution is 0.625. The van der Waals surface area contributed by atoms with Crippen LogP contribution >= 0.6 is 0 Å². The van der Waals surface area contributed by atoms with Crippen LogP contribution in [-0.2, 0) is 6.42 Å². The van der Waals surface area contributed by atoms with Gasteiger partial charge in [0, 0.05) is 6.20 Å². The molecule has 1 heterocycles. The van der Waals surface area contributed by atoms with Crippen LogP contribution in [0.15, 0.2) is 42.6 Å². The topological polar surface area (TPSA) is 38.9 Å². The monoisotopic (exact) mass is 230 g/mol. The van der Waals surface area contributed by atoms with Crippen LogP contribution in [0.25, 0.3) is 0 Å². The van der Waals surface area contributed by atoms with E-state index in [1.807, 2.05) is 19.1 Å². The first kappa shape index (κ1) is 11.7. The first-order valence-electron chi connectivity index (χ1n) is 5.58. The molecule has 0 saturated carbocycles. The van der Waals surface area contributed by atoms with Crippen LogP contribution < -0.4 is 5.73 Å². The fourth-order valence-corrected chi connectivity index (χ4v) is 1.86. The van der Waals surface area contributed by atoms with Gasteiger partial charge in [-0.3, -0.25) is 4.98 Å². The number of nitrogens with zero attached hydrogens (tertiary/aromatic N) is 1. The van der Waals surface area contributed by atoms with E-state index in [0.29, 0.717) is 6.42 Å². The average Bonchev–Trinajstić information content (AvgIpc) is 2.32. The second-order valence-corrected chi connectivity index (χ2v) is 4.14. The molecule has 17 heavy (non-hydrogen) atoms. The molecule has 1 atom stereocenters. The Morgan fingerprint density at radius 3 is 2.59 bits per heavy atom. The van der Waals surface area contributed by atoms with Gasteiger partial charge < -0.3 is 5.73 Å². The standard InChI is InChI=1S/C14H15FN2/c1-10-3-2-8-17-14(10)13(16)9-11-4-6-12(15)7-5-11/h2-8,13H,9,16H2,1H3. The smallest absolute Gasteiger partial charge is 0.123 e. The summed E-state index contributed by atoms with van der Waals surface area (Å²) in [5.41, 5.74) is 9.11. The van der Waals surface area contributed by atoms with Crippen LogP contribution in [0.4, 0.5) is 4.39 Å². The number of benzene rings is 1. The van der Waals surface area contributed by atoms with Crippen LogP contribution in [-0.4, -0.2) is 4.98 Å². The lowest BCUT2D eigenvalue weighted by Gasteiger charge is -2.13. The van der Waals surface area contributed by atoms with E-state index < -0.39 is 0 Å². The Hall–Kier alpha value is -1.74. The summed E-state index contributed by atoms with van der Waals surface area (Å²) in [6, 6.07) is 10.2. The predicted octanol–water partition coefficient (Wildman–Crippen LogP) is 2.77. The molecule has 2 aromatic rings. The maximum atomic E-state index is 12.8. The highest BCUT2D eigenvalue weighted by Gasteiger charge is 2.10. The molecule has 2 nitrogen and oxygen atoms in total. The molecule has 2 N–H and O–H groups in total. The quantitative estimate of drug-likeness (QED) is 0.880. The second-order valence-electron chi connectivity index (χ2n) is 4.14. The van der Waals surface area contributed by atoms with Crippen molar-refractivity contribution >= 4 is 0 Å². The molecule has 0 radical (unpaired) electrons. The molecule has 0 spiro atoms. The lowest BCUT2D eigenvalue weighted by Crippen LogP contribution is -2.16. The molecule has 1 aromatic heterocycles. The van der Waals surface area contributed by atoms with Gasteiger partial charge >= 0.3 is 0 Å². The van der Waals surface area contributed by atoms with Gasteiger partial charge in [-0.2, -0.15) is 0 Å². The van der Waals surface area contributed by atoms with E-state index >= 15 is 0 Å². The molecule has 0 aliphatic heterocycles. The summed E-state index contributed by atoms with van der Waals surface area (Å²) >= 11 is 0. The van der Waals surface area contributed by atoms with Crippen LogP contribution in [0.1, 0.15) is 22.9 Å². The molecule has 0 aliphatic carbocycles. The van der Waals surface area contributed by atoms with E-state index in [-0.39, 0.29) is 11.9 Å². The van der Waals surface area contributed by atoms with Crippen molar-refractivity contribution < 1.29 is 4.39 Å². The molecule has 2 rings (SSSR count). The van der Waals surface area contributed by atoms with Crippen molar-refractivity contribution in [3.8, 4) is 0 Å². The van der Waals surface area contributed by atoms with Crippen molar-refractivity contribution in [2.45, 2.75) is 19.4 Å². The molecule has 88 valence electrons. The van der Waals surface area contributed by atoms with Gasteiger partial charge in [0.2, 0.25) is 0 Å². The third-order valence-corrected chi connectivity index (χ3v) is 2.77. The molecule has 1 aromatic carbocycles. The summed E-state index contributed by atoms with van der Waals surface area (Å²) in [5, 5.41) is 0. The number of aryl methyl sites for hydroxylation is 1. The zero-order valence-corrected chi connectivity index (χ0v) is 9.73. The van der Waals surface area contributed by atoms with Gasteiger partial charge in [-0.1, -0.05) is 18.2 Å². The number of nitrogens with two attached hydrogens (primary N) is 1. The molecule has 0 saturated heterocycles. The van der Waals surface area contributed by atoms with E-state index in [9.17, 15) is 4.39 Å². The Morgan fingerprint density at radius 2 is 1.94 bits per heavy atom. The number of halogens is 1. The minimum absolute atomic E-state index is 0.151. The van der Waals surface area contributed by atoms with Gasteiger partial charge in [0.05, 0.1) is 11.7 Å². The third-order valence-electron chi connectivity index (χ3n) is 2.77. The SMILES string of the molecule is Cc1cccnc1C(N)Cc1ccc(F)cc1. The summed E-state index contributed by atoms with van der Waals surface area (Å²) in [6.45, 7) is 1.99. The summed E-state index contributed by atoms with van der Waals surface area (Å²) in [4.78, 5) is 4.29. The highest BCUT2D eigenvalue weighted by Crippen LogP contribution is 2.17. The molecule has 1 unspecified atom stereocenters. The zero-order chi connectivity index (χ0) is 12.3. The Bertz CT molecular complexity index is 494. The highest BCUT2D eigenvalue weighted by molar-refractivity contribution is 5.24. The van der Waals surface area contributed by atoms with Gasteiger partial charge in [0.1, 0.15) is 5.82 Å². The maximum absolute atomic E-state index is 12.8. The largest absolute Gasteiger partial charge is 0.322 e. The van der Waals surface area contributed by atoms with E-state index in [2.05, 4.69) is 4.98 Å². The first-order chi connectivity index (χ1) is 8.16. The predicted molar refractivity (Wildman–Crippen MR) is 66.0 cm³/mol. The van der Waals surface area contributed by atoms with Crippen molar-refractivity contribution in [2.24, 2.45) is 5.73 Å². The summed E-state index contributed by atoms with van der Waals surface area (Å²) in [5.74, 6) is -0.226. The van der Waals surface area contributed by atoms with Gasteiger partial charge in [0.25, 0.3) is 0 Å². The van der Waals surface area contributed by atoms with E-state index in [0.717, 1.165) is 16.8 Å². The zero-order valence-electron chi connectivity index (χ0n) is 9.73. The minimum atomic E-state index is -0.226. The van der Waals surface area contributed by atoms with Gasteiger partial charge in [-0.05, 0) is 42.7 Å². The van der Waals surface area contributed by atoms with Gasteiger partial charge in [-0.15, -0.1) is 0 Å². The van der Waals surface area contributed by atoms with Crippen LogP contribution in [0.5, 0.6) is 0 Å². The van der Waals surface area contributed by atoms with Gasteiger partial charge in [0.15, 0.2) is 0 Å². The van der Waals surface area contributed by atoms with E-state index in [1.165, 1.54) is 12.1 Å². The molecule has 3 heteroatoms. The summed E-state index contributed by atoms with van der Waals surface area (Å²) < 4.78 is 12.8. The highest BCUT2D eigenvalue weighted by atomic mass is 19.1. The van der Waals surface area contributed by atoms with Crippen molar-refractivity contribution in [3.05, 3.63) is 65.2 Å². The second kappa shape index (κ2) is 5.06. The normalized spacial score (nSPS) is 12.4. The number of hydrogen-bond acceptors (Lipinski definition) is 2. The molecule has 0 amide bonds. The first-order valence-corrected chi connectivity index (χ1v) is 5.58. The summed E-state index contributed by atoms with van der Waals surface area (Å²) in [7, 11) is 0. The average molecular weight is 230 g/mol. The third kappa shape index (κ3) is 2.88. The fraction of sp³-hybridized carbons (Fsp3) is 0.214. The minimum Gasteiger partial charge on any atom is -0.322 e. The van der Waals surface area contributed by atoms with E-state index in [4.69, 9.17) is 5.73 Å². The molecular weight excluding hydrogens is 215 g/mol. The molecule has 0 bridgehead atoms. The van der Waals surface area contributed by atoms with Crippen LogP contribution in [0, 0.1) is 12.7 Å². The Morgan fingerprint density at radius 1 is 1.24 bits per heavy atom. The Balaban J connectivity index is 2.14. The number of hydrogen-bond donors (Lipinski definition) is 1. The van der Waals surface area contributed by atoms with Crippen molar-refractivity contribution in [1.82, 2.24) is 4.98 Å². The van der Waals surface area contributed by atoms with Crippen molar-refractivity contribution in [3.63, 3.8) is 0 Å². The Kier molecular flexibility index (Phi) is 3.49. The van der Waals surface area contributed by atoms with E-state index in [1.54, 1.807) is 18.3 Å². The number of rotatable bonds is 3. The summed E-state index contributed by atoms with van der Waals surface area (Å²) in [6.07, 6.45) is 2.41. The number of aromatic nitrogens is 1. The van der Waals surface area contributed by atoms with Crippen LogP contribution in [0.2, 0.25) is 0 Å².